The Hall–Kier alpha value is -3.11. The average Bonchev–Trinajstić information content (AvgIpc) is 2.92. The largest absolute Gasteiger partial charge is 0.462 e. The minimum atomic E-state index is -0.577. The summed E-state index contributed by atoms with van der Waals surface area (Å²) in [4.78, 5) is 18.3. The van der Waals surface area contributed by atoms with Crippen LogP contribution in [0, 0.1) is 6.92 Å². The maximum absolute atomic E-state index is 13.3. The third-order valence-corrected chi connectivity index (χ3v) is 7.80. The molecule has 196 valence electrons. The molecule has 3 aromatic rings. The number of hydrogen-bond donors (Lipinski definition) is 0. The molecule has 4 nitrogen and oxygen atoms in total. The first-order chi connectivity index (χ1) is 17.9. The maximum Gasteiger partial charge on any atom is 0.316 e. The van der Waals surface area contributed by atoms with Crippen molar-refractivity contribution in [2.75, 3.05) is 37.6 Å². The first-order valence-corrected chi connectivity index (χ1v) is 13.8. The van der Waals surface area contributed by atoms with Crippen molar-refractivity contribution in [3.05, 3.63) is 90.0 Å². The third kappa shape index (κ3) is 6.42. The second-order valence-electron chi connectivity index (χ2n) is 10.5. The van der Waals surface area contributed by atoms with E-state index < -0.39 is 5.41 Å². The predicted molar refractivity (Wildman–Crippen MR) is 154 cm³/mol. The van der Waals surface area contributed by atoms with Crippen LogP contribution in [0.1, 0.15) is 51.2 Å². The highest BCUT2D eigenvalue weighted by molar-refractivity contribution is 5.83. The lowest BCUT2D eigenvalue weighted by atomic mass is 9.74. The van der Waals surface area contributed by atoms with Crippen LogP contribution in [-0.2, 0) is 14.9 Å². The summed E-state index contributed by atoms with van der Waals surface area (Å²) < 4.78 is 5.75. The Morgan fingerprint density at radius 1 is 0.892 bits per heavy atom. The van der Waals surface area contributed by atoms with Crippen molar-refractivity contribution < 1.29 is 9.53 Å². The summed E-state index contributed by atoms with van der Waals surface area (Å²) in [5.74, 6) is -0.0878. The van der Waals surface area contributed by atoms with Crippen LogP contribution in [0.4, 0.5) is 5.69 Å². The molecule has 1 heterocycles. The molecule has 4 rings (SSSR count). The van der Waals surface area contributed by atoms with Crippen molar-refractivity contribution >= 4 is 11.7 Å². The lowest BCUT2D eigenvalue weighted by molar-refractivity contribution is -0.155. The second kappa shape index (κ2) is 12.4. The van der Waals surface area contributed by atoms with Crippen LogP contribution in [0.5, 0.6) is 0 Å². The number of aryl methyl sites for hydroxylation is 1. The minimum Gasteiger partial charge on any atom is -0.462 e. The van der Waals surface area contributed by atoms with E-state index in [1.54, 1.807) is 0 Å². The number of ether oxygens (including phenoxy) is 1. The Morgan fingerprint density at radius 3 is 2.16 bits per heavy atom. The second-order valence-corrected chi connectivity index (χ2v) is 10.5. The highest BCUT2D eigenvalue weighted by Gasteiger charge is 2.40. The number of rotatable bonds is 10. The molecule has 3 aromatic carbocycles. The van der Waals surface area contributed by atoms with Gasteiger partial charge in [0, 0.05) is 31.9 Å². The fourth-order valence-corrected chi connectivity index (χ4v) is 5.56. The van der Waals surface area contributed by atoms with Crippen molar-refractivity contribution in [2.24, 2.45) is 0 Å². The van der Waals surface area contributed by atoms with Crippen LogP contribution in [-0.4, -0.2) is 49.7 Å². The molecule has 0 saturated carbocycles. The zero-order valence-electron chi connectivity index (χ0n) is 23.0. The molecule has 0 bridgehead atoms. The molecule has 1 unspecified atom stereocenters. The molecule has 1 aliphatic heterocycles. The number of anilines is 1. The van der Waals surface area contributed by atoms with Gasteiger partial charge in [-0.1, -0.05) is 73.7 Å². The minimum absolute atomic E-state index is 0.0878. The van der Waals surface area contributed by atoms with Crippen molar-refractivity contribution in [1.82, 2.24) is 4.90 Å². The van der Waals surface area contributed by atoms with Crippen LogP contribution >= 0.6 is 0 Å². The average molecular weight is 499 g/mol. The molecule has 0 radical (unpaired) electrons. The summed E-state index contributed by atoms with van der Waals surface area (Å²) in [6, 6.07) is 27.8. The maximum atomic E-state index is 13.3. The summed E-state index contributed by atoms with van der Waals surface area (Å²) in [5.41, 5.74) is 5.67. The monoisotopic (exact) mass is 498 g/mol. The molecule has 1 aliphatic rings. The lowest BCUT2D eigenvalue weighted by Crippen LogP contribution is -2.47. The number of benzene rings is 3. The highest BCUT2D eigenvalue weighted by atomic mass is 16.5. The third-order valence-electron chi connectivity index (χ3n) is 7.80. The van der Waals surface area contributed by atoms with Crippen molar-refractivity contribution in [1.29, 1.82) is 0 Å². The highest BCUT2D eigenvalue weighted by Crippen LogP contribution is 2.35. The van der Waals surface area contributed by atoms with Gasteiger partial charge in [0.1, 0.15) is 0 Å². The summed E-state index contributed by atoms with van der Waals surface area (Å²) in [5, 5.41) is 0. The van der Waals surface area contributed by atoms with Crippen molar-refractivity contribution in [2.45, 2.75) is 58.5 Å². The van der Waals surface area contributed by atoms with E-state index in [0.717, 1.165) is 57.5 Å². The zero-order chi connectivity index (χ0) is 26.3. The Bertz CT molecular complexity index is 1130. The molecule has 37 heavy (non-hydrogen) atoms. The van der Waals surface area contributed by atoms with E-state index in [-0.39, 0.29) is 12.1 Å². The molecule has 4 heteroatoms. The van der Waals surface area contributed by atoms with Gasteiger partial charge in [-0.05, 0) is 81.0 Å². The number of nitrogens with zero attached hydrogens (tertiary/aromatic N) is 2. The summed E-state index contributed by atoms with van der Waals surface area (Å²) in [6.45, 7) is 13.3. The van der Waals surface area contributed by atoms with E-state index in [1.165, 1.54) is 22.4 Å². The van der Waals surface area contributed by atoms with Gasteiger partial charge in [-0.3, -0.25) is 9.69 Å². The van der Waals surface area contributed by atoms with E-state index in [0.29, 0.717) is 0 Å². The molecule has 0 spiro atoms. The van der Waals surface area contributed by atoms with E-state index in [1.807, 2.05) is 32.0 Å². The Labute approximate surface area is 223 Å². The normalized spacial score (nSPS) is 16.0. The predicted octanol–water partition coefficient (Wildman–Crippen LogP) is 6.86. The van der Waals surface area contributed by atoms with Crippen LogP contribution in [0.2, 0.25) is 0 Å². The number of carbonyl (C=O) groups is 1. The molecule has 1 atom stereocenters. The van der Waals surface area contributed by atoms with E-state index >= 15 is 0 Å². The van der Waals surface area contributed by atoms with E-state index in [9.17, 15) is 4.79 Å². The van der Waals surface area contributed by atoms with Gasteiger partial charge in [0.15, 0.2) is 0 Å². The van der Waals surface area contributed by atoms with Gasteiger partial charge in [0.25, 0.3) is 0 Å². The number of hydrogen-bond acceptors (Lipinski definition) is 4. The lowest BCUT2D eigenvalue weighted by Gasteiger charge is -2.37. The van der Waals surface area contributed by atoms with E-state index in [2.05, 4.69) is 84.3 Å². The standard InChI is InChI=1S/C33H42N2O2/c1-5-33(32(36)37-26(2)3,29-13-7-6-8-14-29)20-11-21-34-22-24-35(25-23-34)30-18-16-28(17-19-30)31-15-10-9-12-27(31)4/h6-10,12-19,26H,5,11,20-25H2,1-4H3. The molecule has 0 amide bonds. The van der Waals surface area contributed by atoms with Gasteiger partial charge >= 0.3 is 5.97 Å². The molecular formula is C33H42N2O2. The summed E-state index contributed by atoms with van der Waals surface area (Å²) in [7, 11) is 0. The Kier molecular flexibility index (Phi) is 9.04. The Morgan fingerprint density at radius 2 is 1.54 bits per heavy atom. The van der Waals surface area contributed by atoms with Gasteiger partial charge in [0.05, 0.1) is 11.5 Å². The number of carbonyl (C=O) groups excluding carboxylic acids is 1. The van der Waals surface area contributed by atoms with Crippen LogP contribution in [0.3, 0.4) is 0 Å². The first kappa shape index (κ1) is 26.9. The number of esters is 1. The molecule has 0 N–H and O–H groups in total. The summed E-state index contributed by atoms with van der Waals surface area (Å²) in [6.07, 6.45) is 2.41. The van der Waals surface area contributed by atoms with Gasteiger partial charge < -0.3 is 9.64 Å². The fraction of sp³-hybridized carbons (Fsp3) is 0.424. The van der Waals surface area contributed by atoms with Crippen LogP contribution in [0.15, 0.2) is 78.9 Å². The molecule has 1 fully saturated rings. The SMILES string of the molecule is CCC(CCCN1CCN(c2ccc(-c3ccccc3C)cc2)CC1)(C(=O)OC(C)C)c1ccccc1. The van der Waals surface area contributed by atoms with Crippen molar-refractivity contribution in [3.63, 3.8) is 0 Å². The summed E-state index contributed by atoms with van der Waals surface area (Å²) >= 11 is 0. The van der Waals surface area contributed by atoms with E-state index in [4.69, 9.17) is 4.74 Å². The molecule has 1 saturated heterocycles. The molecule has 0 aromatic heterocycles. The Balaban J connectivity index is 1.33. The first-order valence-electron chi connectivity index (χ1n) is 13.8. The molecular weight excluding hydrogens is 456 g/mol. The molecule has 0 aliphatic carbocycles. The number of piperazine rings is 1. The van der Waals surface area contributed by atoms with Gasteiger partial charge in [-0.15, -0.1) is 0 Å². The topological polar surface area (TPSA) is 32.8 Å². The fourth-order valence-electron chi connectivity index (χ4n) is 5.56. The van der Waals surface area contributed by atoms with Crippen LogP contribution in [0.25, 0.3) is 11.1 Å². The van der Waals surface area contributed by atoms with Crippen molar-refractivity contribution in [3.8, 4) is 11.1 Å². The quantitative estimate of drug-likeness (QED) is 0.286. The smallest absolute Gasteiger partial charge is 0.316 e. The zero-order valence-corrected chi connectivity index (χ0v) is 23.0. The van der Waals surface area contributed by atoms with Gasteiger partial charge in [-0.2, -0.15) is 0 Å². The van der Waals surface area contributed by atoms with Gasteiger partial charge in [-0.25, -0.2) is 0 Å². The van der Waals surface area contributed by atoms with Crippen LogP contribution < -0.4 is 4.90 Å². The van der Waals surface area contributed by atoms with Gasteiger partial charge in [0.2, 0.25) is 0 Å².